The summed E-state index contributed by atoms with van der Waals surface area (Å²) in [6, 6.07) is 22.2. The number of sulfonamides is 1. The molecule has 1 heterocycles. The van der Waals surface area contributed by atoms with Crippen molar-refractivity contribution in [1.82, 2.24) is 9.62 Å². The van der Waals surface area contributed by atoms with E-state index in [1.165, 1.54) is 48.2 Å². The zero-order valence-electron chi connectivity index (χ0n) is 22.6. The highest BCUT2D eigenvalue weighted by Gasteiger charge is 2.22. The Labute approximate surface area is 222 Å². The molecule has 1 fully saturated rings. The van der Waals surface area contributed by atoms with Crippen LogP contribution in [-0.2, 0) is 22.9 Å². The fourth-order valence-electron chi connectivity index (χ4n) is 4.77. The van der Waals surface area contributed by atoms with Crippen LogP contribution in [0.1, 0.15) is 61.4 Å². The van der Waals surface area contributed by atoms with Crippen molar-refractivity contribution in [1.29, 1.82) is 0 Å². The Hall–Kier alpha value is -2.67. The van der Waals surface area contributed by atoms with Crippen molar-refractivity contribution >= 4 is 10.0 Å². The lowest BCUT2D eigenvalue weighted by Crippen LogP contribution is -2.40. The third-order valence-corrected chi connectivity index (χ3v) is 8.42. The Morgan fingerprint density at radius 1 is 0.865 bits per heavy atom. The molecule has 0 spiro atoms. The van der Waals surface area contributed by atoms with Gasteiger partial charge in [-0.1, -0.05) is 42.5 Å². The lowest BCUT2D eigenvalue weighted by molar-refractivity contribution is 0.238. The van der Waals surface area contributed by atoms with E-state index in [2.05, 4.69) is 59.0 Å². The Balaban J connectivity index is 1.39. The minimum absolute atomic E-state index is 0.302. The molecule has 3 aromatic rings. The number of nitrogens with one attached hydrogen (secondary N) is 1. The number of likely N-dealkylation sites (tertiary alicyclic amines) is 1. The van der Waals surface area contributed by atoms with E-state index in [0.717, 1.165) is 30.9 Å². The maximum absolute atomic E-state index is 12.8. The van der Waals surface area contributed by atoms with Crippen LogP contribution >= 0.6 is 0 Å². The van der Waals surface area contributed by atoms with Crippen molar-refractivity contribution < 1.29 is 13.2 Å². The summed E-state index contributed by atoms with van der Waals surface area (Å²) in [5, 5.41) is 0. The van der Waals surface area contributed by atoms with Crippen LogP contribution in [0, 0.1) is 6.92 Å². The Morgan fingerprint density at radius 2 is 1.54 bits per heavy atom. The molecule has 0 atom stereocenters. The molecule has 0 aromatic heterocycles. The maximum atomic E-state index is 12.8. The van der Waals surface area contributed by atoms with E-state index in [1.54, 1.807) is 12.1 Å². The largest absolute Gasteiger partial charge is 0.492 e. The standard InChI is InChI=1S/C31H40N2O3S/c1-24-10-11-27(20-25-12-14-29(15-13-25)36-19-18-33-16-5-6-17-33)22-28(24)21-26-8-7-9-30(23-26)37(34,35)32-31(2,3)4/h7-15,22-23,32H,5-6,16-21H2,1-4H3. The molecular weight excluding hydrogens is 480 g/mol. The molecule has 1 aliphatic rings. The van der Waals surface area contributed by atoms with E-state index in [-0.39, 0.29) is 0 Å². The Bertz CT molecular complexity index is 1290. The monoisotopic (exact) mass is 520 g/mol. The molecule has 0 saturated carbocycles. The van der Waals surface area contributed by atoms with Gasteiger partial charge >= 0.3 is 0 Å². The first-order chi connectivity index (χ1) is 17.6. The molecule has 6 heteroatoms. The smallest absolute Gasteiger partial charge is 0.241 e. The highest BCUT2D eigenvalue weighted by Crippen LogP contribution is 2.22. The number of benzene rings is 3. The molecule has 3 aromatic carbocycles. The molecule has 198 valence electrons. The third kappa shape index (κ3) is 8.16. The van der Waals surface area contributed by atoms with Gasteiger partial charge in [0.2, 0.25) is 10.0 Å². The maximum Gasteiger partial charge on any atom is 0.241 e. The Morgan fingerprint density at radius 3 is 2.24 bits per heavy atom. The second kappa shape index (κ2) is 11.8. The van der Waals surface area contributed by atoms with Gasteiger partial charge in [0.05, 0.1) is 4.90 Å². The lowest BCUT2D eigenvalue weighted by atomic mass is 9.96. The molecule has 1 saturated heterocycles. The highest BCUT2D eigenvalue weighted by molar-refractivity contribution is 7.89. The molecule has 5 nitrogen and oxygen atoms in total. The molecular formula is C31H40N2O3S. The summed E-state index contributed by atoms with van der Waals surface area (Å²) in [7, 11) is -3.57. The number of ether oxygens (including phenoxy) is 1. The number of hydrogen-bond acceptors (Lipinski definition) is 4. The van der Waals surface area contributed by atoms with Crippen LogP contribution in [0.15, 0.2) is 71.6 Å². The SMILES string of the molecule is Cc1ccc(Cc2ccc(OCCN3CCCC3)cc2)cc1Cc1cccc(S(=O)(=O)NC(C)(C)C)c1. The molecule has 0 bridgehead atoms. The number of rotatable bonds is 10. The summed E-state index contributed by atoms with van der Waals surface area (Å²) in [5.74, 6) is 0.920. The molecule has 1 N–H and O–H groups in total. The summed E-state index contributed by atoms with van der Waals surface area (Å²) in [5.41, 5.74) is 5.33. The van der Waals surface area contributed by atoms with Gasteiger partial charge in [0, 0.05) is 12.1 Å². The average Bonchev–Trinajstić information content (AvgIpc) is 3.35. The number of hydrogen-bond donors (Lipinski definition) is 1. The van der Waals surface area contributed by atoms with Crippen LogP contribution in [0.25, 0.3) is 0 Å². The summed E-state index contributed by atoms with van der Waals surface area (Å²) in [6.45, 7) is 11.8. The van der Waals surface area contributed by atoms with E-state index in [1.807, 2.05) is 32.9 Å². The quantitative estimate of drug-likeness (QED) is 0.371. The summed E-state index contributed by atoms with van der Waals surface area (Å²) >= 11 is 0. The van der Waals surface area contributed by atoms with Gasteiger partial charge in [0.25, 0.3) is 0 Å². The molecule has 0 aliphatic carbocycles. The van der Waals surface area contributed by atoms with E-state index in [9.17, 15) is 8.42 Å². The predicted molar refractivity (Wildman–Crippen MR) is 151 cm³/mol. The van der Waals surface area contributed by atoms with Crippen LogP contribution in [0.5, 0.6) is 5.75 Å². The van der Waals surface area contributed by atoms with Crippen LogP contribution < -0.4 is 9.46 Å². The average molecular weight is 521 g/mol. The predicted octanol–water partition coefficient (Wildman–Crippen LogP) is 5.73. The van der Waals surface area contributed by atoms with Gasteiger partial charge in [-0.2, -0.15) is 0 Å². The molecule has 0 radical (unpaired) electrons. The number of nitrogens with zero attached hydrogens (tertiary/aromatic N) is 1. The van der Waals surface area contributed by atoms with E-state index >= 15 is 0 Å². The van der Waals surface area contributed by atoms with Gasteiger partial charge in [-0.3, -0.25) is 4.90 Å². The second-order valence-corrected chi connectivity index (χ2v) is 12.8. The molecule has 0 unspecified atom stereocenters. The van der Waals surface area contributed by atoms with Crippen molar-refractivity contribution in [2.75, 3.05) is 26.2 Å². The zero-order valence-corrected chi connectivity index (χ0v) is 23.4. The fourth-order valence-corrected chi connectivity index (χ4v) is 6.26. The normalized spacial score (nSPS) is 14.7. The zero-order chi connectivity index (χ0) is 26.5. The minimum atomic E-state index is -3.57. The fraction of sp³-hybridized carbons (Fsp3) is 0.419. The van der Waals surface area contributed by atoms with Gasteiger partial charge in [-0.25, -0.2) is 13.1 Å². The summed E-state index contributed by atoms with van der Waals surface area (Å²) in [6.07, 6.45) is 4.13. The van der Waals surface area contributed by atoms with E-state index < -0.39 is 15.6 Å². The van der Waals surface area contributed by atoms with Gasteiger partial charge in [0.1, 0.15) is 12.4 Å². The highest BCUT2D eigenvalue weighted by atomic mass is 32.2. The molecule has 1 aliphatic heterocycles. The van der Waals surface area contributed by atoms with Crippen LogP contribution in [0.3, 0.4) is 0 Å². The van der Waals surface area contributed by atoms with Gasteiger partial charge in [-0.15, -0.1) is 0 Å². The topological polar surface area (TPSA) is 58.6 Å². The van der Waals surface area contributed by atoms with E-state index in [0.29, 0.717) is 11.3 Å². The molecule has 0 amide bonds. The van der Waals surface area contributed by atoms with Crippen LogP contribution in [0.2, 0.25) is 0 Å². The van der Waals surface area contributed by atoms with Crippen LogP contribution in [0.4, 0.5) is 0 Å². The van der Waals surface area contributed by atoms with Crippen molar-refractivity contribution in [2.45, 2.75) is 63.8 Å². The lowest BCUT2D eigenvalue weighted by Gasteiger charge is -2.20. The van der Waals surface area contributed by atoms with Crippen molar-refractivity contribution in [3.05, 3.63) is 94.5 Å². The van der Waals surface area contributed by atoms with Crippen molar-refractivity contribution in [2.24, 2.45) is 0 Å². The summed E-state index contributed by atoms with van der Waals surface area (Å²) in [4.78, 5) is 2.76. The summed E-state index contributed by atoms with van der Waals surface area (Å²) < 4.78 is 34.3. The van der Waals surface area contributed by atoms with Gasteiger partial charge < -0.3 is 4.74 Å². The first kappa shape index (κ1) is 27.4. The molecule has 4 rings (SSSR count). The van der Waals surface area contributed by atoms with Gasteiger partial charge in [0.15, 0.2) is 0 Å². The molecule has 37 heavy (non-hydrogen) atoms. The van der Waals surface area contributed by atoms with E-state index in [4.69, 9.17) is 4.74 Å². The first-order valence-corrected chi connectivity index (χ1v) is 14.7. The second-order valence-electron chi connectivity index (χ2n) is 11.2. The van der Waals surface area contributed by atoms with Crippen molar-refractivity contribution in [3.63, 3.8) is 0 Å². The van der Waals surface area contributed by atoms with Crippen LogP contribution in [-0.4, -0.2) is 45.1 Å². The van der Waals surface area contributed by atoms with Crippen molar-refractivity contribution in [3.8, 4) is 5.75 Å². The Kier molecular flexibility index (Phi) is 8.73. The number of aryl methyl sites for hydroxylation is 1. The third-order valence-electron chi connectivity index (χ3n) is 6.66. The minimum Gasteiger partial charge on any atom is -0.492 e. The van der Waals surface area contributed by atoms with Gasteiger partial charge in [-0.05, 0) is 119 Å². The first-order valence-electron chi connectivity index (χ1n) is 13.2.